The molecule has 0 N–H and O–H groups in total. The first-order valence-electron chi connectivity index (χ1n) is 3.76. The number of nitrogens with zero attached hydrogens (tertiary/aromatic N) is 1. The fraction of sp³-hybridized carbons (Fsp3) is 0.250. The molecule has 3 nitrogen and oxygen atoms in total. The molecule has 0 bridgehead atoms. The zero-order valence-corrected chi connectivity index (χ0v) is 8.80. The molecule has 82 valence electrons. The lowest BCUT2D eigenvalue weighted by atomic mass is 10.1. The summed E-state index contributed by atoms with van der Waals surface area (Å²) < 4.78 is 37.0. The smallest absolute Gasteiger partial charge is 0.258 e. The van der Waals surface area contributed by atoms with Crippen molar-refractivity contribution in [3.63, 3.8) is 0 Å². The Kier molecular flexibility index (Phi) is 3.33. The molecule has 0 aliphatic rings. The highest BCUT2D eigenvalue weighted by molar-refractivity contribution is 9.08. The molecule has 0 saturated heterocycles. The Hall–Kier alpha value is -1.11. The van der Waals surface area contributed by atoms with Gasteiger partial charge in [0.1, 0.15) is 5.56 Å². The molecule has 0 radical (unpaired) electrons. The second kappa shape index (κ2) is 4.18. The number of rotatable bonds is 2. The third-order valence-electron chi connectivity index (χ3n) is 1.72. The van der Waals surface area contributed by atoms with Crippen LogP contribution in [0.5, 0.6) is 0 Å². The summed E-state index contributed by atoms with van der Waals surface area (Å²) in [6.07, 6.45) is -4.70. The monoisotopic (exact) mass is 283 g/mol. The number of hydrogen-bond donors (Lipinski definition) is 0. The summed E-state index contributed by atoms with van der Waals surface area (Å²) in [6, 6.07) is 2.83. The molecule has 0 atom stereocenters. The van der Waals surface area contributed by atoms with Crippen LogP contribution in [0.3, 0.4) is 0 Å². The van der Waals surface area contributed by atoms with E-state index in [2.05, 4.69) is 15.9 Å². The number of halogens is 4. The minimum absolute atomic E-state index is 0.270. The van der Waals surface area contributed by atoms with Crippen LogP contribution in [0.2, 0.25) is 0 Å². The molecular formula is C8H5BrF3NO2. The number of nitro benzene ring substituents is 1. The SMILES string of the molecule is O=[N+]([O-])c1cc(CBr)ccc1C(F)(F)F. The largest absolute Gasteiger partial charge is 0.422 e. The first-order chi connectivity index (χ1) is 6.86. The van der Waals surface area contributed by atoms with E-state index in [0.717, 1.165) is 6.07 Å². The molecule has 15 heavy (non-hydrogen) atoms. The average molecular weight is 284 g/mol. The summed E-state index contributed by atoms with van der Waals surface area (Å²) in [5.74, 6) is 0. The maximum atomic E-state index is 12.3. The van der Waals surface area contributed by atoms with Gasteiger partial charge < -0.3 is 0 Å². The molecule has 0 saturated carbocycles. The van der Waals surface area contributed by atoms with Gasteiger partial charge in [0.2, 0.25) is 0 Å². The Balaban J connectivity index is 3.34. The van der Waals surface area contributed by atoms with E-state index in [4.69, 9.17) is 0 Å². The van der Waals surface area contributed by atoms with Crippen molar-refractivity contribution >= 4 is 21.6 Å². The Morgan fingerprint density at radius 1 is 1.40 bits per heavy atom. The van der Waals surface area contributed by atoms with Crippen LogP contribution in [0.15, 0.2) is 18.2 Å². The lowest BCUT2D eigenvalue weighted by molar-refractivity contribution is -0.388. The molecule has 0 fully saturated rings. The summed E-state index contributed by atoms with van der Waals surface area (Å²) in [4.78, 5) is 9.39. The topological polar surface area (TPSA) is 43.1 Å². The second-order valence-electron chi connectivity index (χ2n) is 2.74. The van der Waals surface area contributed by atoms with E-state index in [0.29, 0.717) is 11.6 Å². The van der Waals surface area contributed by atoms with Crippen LogP contribution in [0.1, 0.15) is 11.1 Å². The van der Waals surface area contributed by atoms with Gasteiger partial charge in [-0.2, -0.15) is 13.2 Å². The predicted molar refractivity (Wildman–Crippen MR) is 50.7 cm³/mol. The Bertz CT molecular complexity index is 392. The van der Waals surface area contributed by atoms with Crippen LogP contribution < -0.4 is 0 Å². The van der Waals surface area contributed by atoms with Gasteiger partial charge in [-0.25, -0.2) is 0 Å². The molecule has 0 aromatic heterocycles. The molecule has 0 aliphatic carbocycles. The second-order valence-corrected chi connectivity index (χ2v) is 3.30. The first kappa shape index (κ1) is 12.0. The van der Waals surface area contributed by atoms with Gasteiger partial charge in [0.05, 0.1) is 4.92 Å². The molecule has 1 rings (SSSR count). The van der Waals surface area contributed by atoms with E-state index in [1.165, 1.54) is 6.07 Å². The summed E-state index contributed by atoms with van der Waals surface area (Å²) in [7, 11) is 0. The molecule has 0 amide bonds. The van der Waals surface area contributed by atoms with E-state index in [1.807, 2.05) is 0 Å². The van der Waals surface area contributed by atoms with Crippen molar-refractivity contribution in [3.05, 3.63) is 39.4 Å². The van der Waals surface area contributed by atoms with Crippen molar-refractivity contribution in [3.8, 4) is 0 Å². The third-order valence-corrected chi connectivity index (χ3v) is 2.37. The minimum Gasteiger partial charge on any atom is -0.258 e. The molecule has 0 spiro atoms. The van der Waals surface area contributed by atoms with Gasteiger partial charge in [-0.15, -0.1) is 0 Å². The normalized spacial score (nSPS) is 11.5. The lowest BCUT2D eigenvalue weighted by Gasteiger charge is -2.07. The van der Waals surface area contributed by atoms with Crippen molar-refractivity contribution in [2.75, 3.05) is 0 Å². The molecule has 1 aromatic carbocycles. The van der Waals surface area contributed by atoms with Crippen molar-refractivity contribution in [2.45, 2.75) is 11.5 Å². The number of alkyl halides is 4. The standard InChI is InChI=1S/C8H5BrF3NO2/c9-4-5-1-2-6(8(10,11)12)7(3-5)13(14)15/h1-3H,4H2. The van der Waals surface area contributed by atoms with E-state index >= 15 is 0 Å². The highest BCUT2D eigenvalue weighted by Gasteiger charge is 2.38. The van der Waals surface area contributed by atoms with Gasteiger partial charge in [-0.1, -0.05) is 22.0 Å². The number of hydrogen-bond acceptors (Lipinski definition) is 2. The highest BCUT2D eigenvalue weighted by Crippen LogP contribution is 2.36. The lowest BCUT2D eigenvalue weighted by Crippen LogP contribution is -2.09. The predicted octanol–water partition coefficient (Wildman–Crippen LogP) is 3.51. The fourth-order valence-corrected chi connectivity index (χ4v) is 1.40. The Morgan fingerprint density at radius 2 is 2.00 bits per heavy atom. The van der Waals surface area contributed by atoms with Crippen molar-refractivity contribution < 1.29 is 18.1 Å². The molecular weight excluding hydrogens is 279 g/mol. The van der Waals surface area contributed by atoms with E-state index in [9.17, 15) is 23.3 Å². The van der Waals surface area contributed by atoms with Gasteiger partial charge in [0.25, 0.3) is 5.69 Å². The first-order valence-corrected chi connectivity index (χ1v) is 4.89. The summed E-state index contributed by atoms with van der Waals surface area (Å²) >= 11 is 3.01. The van der Waals surface area contributed by atoms with Crippen LogP contribution >= 0.6 is 15.9 Å². The van der Waals surface area contributed by atoms with Gasteiger partial charge in [-0.05, 0) is 11.6 Å². The maximum Gasteiger partial charge on any atom is 0.422 e. The van der Waals surface area contributed by atoms with Crippen LogP contribution in [0, 0.1) is 10.1 Å². The zero-order chi connectivity index (χ0) is 11.6. The average Bonchev–Trinajstić information content (AvgIpc) is 2.15. The van der Waals surface area contributed by atoms with Gasteiger partial charge in [-0.3, -0.25) is 10.1 Å². The minimum atomic E-state index is -4.70. The molecule has 0 aliphatic heterocycles. The number of benzene rings is 1. The molecule has 7 heteroatoms. The molecule has 0 heterocycles. The van der Waals surface area contributed by atoms with Crippen LogP contribution in [-0.4, -0.2) is 4.92 Å². The zero-order valence-electron chi connectivity index (χ0n) is 7.21. The van der Waals surface area contributed by atoms with Crippen LogP contribution in [0.25, 0.3) is 0 Å². The quantitative estimate of drug-likeness (QED) is 0.474. The van der Waals surface area contributed by atoms with Crippen molar-refractivity contribution in [1.29, 1.82) is 0 Å². The van der Waals surface area contributed by atoms with Crippen LogP contribution in [0.4, 0.5) is 18.9 Å². The van der Waals surface area contributed by atoms with Gasteiger partial charge in [0.15, 0.2) is 0 Å². The highest BCUT2D eigenvalue weighted by atomic mass is 79.9. The number of nitro groups is 1. The maximum absolute atomic E-state index is 12.3. The molecule has 0 unspecified atom stereocenters. The van der Waals surface area contributed by atoms with E-state index in [1.54, 1.807) is 0 Å². The van der Waals surface area contributed by atoms with Crippen molar-refractivity contribution in [2.24, 2.45) is 0 Å². The fourth-order valence-electron chi connectivity index (χ4n) is 1.05. The summed E-state index contributed by atoms with van der Waals surface area (Å²) in [5, 5.41) is 10.7. The van der Waals surface area contributed by atoms with Gasteiger partial charge in [0, 0.05) is 11.4 Å². The van der Waals surface area contributed by atoms with E-state index in [-0.39, 0.29) is 5.33 Å². The molecule has 1 aromatic rings. The third kappa shape index (κ3) is 2.68. The Labute approximate surface area is 91.2 Å². The van der Waals surface area contributed by atoms with Crippen LogP contribution in [-0.2, 0) is 11.5 Å². The Morgan fingerprint density at radius 3 is 2.40 bits per heavy atom. The summed E-state index contributed by atoms with van der Waals surface area (Å²) in [6.45, 7) is 0. The van der Waals surface area contributed by atoms with Crippen molar-refractivity contribution in [1.82, 2.24) is 0 Å². The summed E-state index contributed by atoms with van der Waals surface area (Å²) in [5.41, 5.74) is -1.72. The van der Waals surface area contributed by atoms with E-state index < -0.39 is 22.4 Å². The van der Waals surface area contributed by atoms with Gasteiger partial charge >= 0.3 is 6.18 Å².